The molecule has 1 aromatic rings. The van der Waals surface area contributed by atoms with Crippen molar-refractivity contribution in [2.24, 2.45) is 0 Å². The van der Waals surface area contributed by atoms with Gasteiger partial charge in [-0.3, -0.25) is 4.79 Å². The molecule has 0 aliphatic heterocycles. The molecule has 0 spiro atoms. The van der Waals surface area contributed by atoms with E-state index in [9.17, 15) is 9.18 Å². The summed E-state index contributed by atoms with van der Waals surface area (Å²) in [5, 5.41) is 8.71. The van der Waals surface area contributed by atoms with Crippen molar-refractivity contribution in [1.29, 1.82) is 5.26 Å². The average Bonchev–Trinajstić information content (AvgIpc) is 2.21. The summed E-state index contributed by atoms with van der Waals surface area (Å²) in [6.45, 7) is 0. The number of carbonyl (C=O) groups excluding carboxylic acids is 1. The zero-order valence-electron chi connectivity index (χ0n) is 7.53. The quantitative estimate of drug-likeness (QED) is 0.670. The van der Waals surface area contributed by atoms with Crippen LogP contribution in [0.15, 0.2) is 24.3 Å². The molecular weight excluding hydrogens is 185 g/mol. The summed E-state index contributed by atoms with van der Waals surface area (Å²) in [6.07, 6.45) is 0. The van der Waals surface area contributed by atoms with Crippen LogP contribution in [0.4, 0.5) is 4.39 Å². The van der Waals surface area contributed by atoms with Gasteiger partial charge in [0, 0.05) is 0 Å². The minimum Gasteiger partial charge on any atom is -0.468 e. The van der Waals surface area contributed by atoms with Gasteiger partial charge in [-0.15, -0.1) is 0 Å². The summed E-state index contributed by atoms with van der Waals surface area (Å²) in [7, 11) is 1.20. The van der Waals surface area contributed by atoms with E-state index in [-0.39, 0.29) is 0 Å². The monoisotopic (exact) mass is 193 g/mol. The second-order valence-electron chi connectivity index (χ2n) is 2.64. The van der Waals surface area contributed by atoms with E-state index in [2.05, 4.69) is 4.74 Å². The van der Waals surface area contributed by atoms with Crippen molar-refractivity contribution < 1.29 is 13.9 Å². The second kappa shape index (κ2) is 4.38. The summed E-state index contributed by atoms with van der Waals surface area (Å²) in [5.41, 5.74) is 0.431. The molecule has 0 N–H and O–H groups in total. The van der Waals surface area contributed by atoms with E-state index >= 15 is 0 Å². The van der Waals surface area contributed by atoms with Crippen LogP contribution in [0, 0.1) is 17.1 Å². The van der Waals surface area contributed by atoms with Gasteiger partial charge in [0.15, 0.2) is 5.92 Å². The maximum absolute atomic E-state index is 12.5. The summed E-state index contributed by atoms with van der Waals surface area (Å²) in [5.74, 6) is -2.03. The van der Waals surface area contributed by atoms with Gasteiger partial charge in [0.25, 0.3) is 0 Å². The van der Waals surface area contributed by atoms with Gasteiger partial charge in [-0.05, 0) is 17.7 Å². The third-order valence-corrected chi connectivity index (χ3v) is 1.77. The van der Waals surface area contributed by atoms with Gasteiger partial charge in [-0.2, -0.15) is 5.26 Å². The summed E-state index contributed by atoms with van der Waals surface area (Å²) in [6, 6.07) is 6.96. The van der Waals surface area contributed by atoms with E-state index in [1.807, 2.05) is 0 Å². The van der Waals surface area contributed by atoms with Crippen molar-refractivity contribution in [1.82, 2.24) is 0 Å². The highest BCUT2D eigenvalue weighted by Crippen LogP contribution is 2.16. The van der Waals surface area contributed by atoms with Crippen molar-refractivity contribution in [3.8, 4) is 6.07 Å². The van der Waals surface area contributed by atoms with Crippen LogP contribution in [0.3, 0.4) is 0 Å². The summed E-state index contributed by atoms with van der Waals surface area (Å²) < 4.78 is 17.0. The first-order valence-corrected chi connectivity index (χ1v) is 3.92. The molecule has 0 aromatic heterocycles. The molecule has 0 heterocycles. The third-order valence-electron chi connectivity index (χ3n) is 1.77. The SMILES string of the molecule is COC(=O)C(C#N)c1ccc(F)cc1. The molecule has 0 aliphatic rings. The first kappa shape index (κ1) is 10.2. The number of carbonyl (C=O) groups is 1. The van der Waals surface area contributed by atoms with E-state index in [0.29, 0.717) is 5.56 Å². The number of nitrogens with zero attached hydrogens (tertiary/aromatic N) is 1. The van der Waals surface area contributed by atoms with Crippen LogP contribution in [0.5, 0.6) is 0 Å². The third kappa shape index (κ3) is 2.07. The summed E-state index contributed by atoms with van der Waals surface area (Å²) in [4.78, 5) is 11.1. The molecule has 0 amide bonds. The minimum atomic E-state index is -0.986. The average molecular weight is 193 g/mol. The molecule has 3 nitrogen and oxygen atoms in total. The van der Waals surface area contributed by atoms with Gasteiger partial charge in [0.2, 0.25) is 0 Å². The Morgan fingerprint density at radius 3 is 2.50 bits per heavy atom. The molecule has 1 atom stereocenters. The molecule has 0 aliphatic carbocycles. The van der Waals surface area contributed by atoms with E-state index in [1.165, 1.54) is 31.4 Å². The largest absolute Gasteiger partial charge is 0.468 e. The zero-order chi connectivity index (χ0) is 10.6. The number of nitriles is 1. The topological polar surface area (TPSA) is 50.1 Å². The smallest absolute Gasteiger partial charge is 0.327 e. The molecule has 1 aromatic carbocycles. The first-order valence-electron chi connectivity index (χ1n) is 3.92. The maximum atomic E-state index is 12.5. The Balaban J connectivity index is 2.97. The fourth-order valence-corrected chi connectivity index (χ4v) is 1.04. The lowest BCUT2D eigenvalue weighted by Gasteiger charge is -2.06. The van der Waals surface area contributed by atoms with E-state index < -0.39 is 17.7 Å². The van der Waals surface area contributed by atoms with Crippen LogP contribution < -0.4 is 0 Å². The Morgan fingerprint density at radius 2 is 2.07 bits per heavy atom. The first-order chi connectivity index (χ1) is 6.69. The number of halogens is 1. The fraction of sp³-hybridized carbons (Fsp3) is 0.200. The standard InChI is InChI=1S/C10H8FNO2/c1-14-10(13)9(6-12)7-2-4-8(11)5-3-7/h2-5,9H,1H3. The van der Waals surface area contributed by atoms with Crippen LogP contribution in [-0.4, -0.2) is 13.1 Å². The van der Waals surface area contributed by atoms with Crippen molar-refractivity contribution in [3.05, 3.63) is 35.6 Å². The number of rotatable bonds is 2. The molecule has 0 saturated carbocycles. The van der Waals surface area contributed by atoms with Crippen molar-refractivity contribution in [3.63, 3.8) is 0 Å². The molecular formula is C10H8FNO2. The molecule has 0 bridgehead atoms. The van der Waals surface area contributed by atoms with Crippen LogP contribution in [0.25, 0.3) is 0 Å². The lowest BCUT2D eigenvalue weighted by atomic mass is 10.0. The molecule has 0 radical (unpaired) electrons. The predicted octanol–water partition coefficient (Wildman–Crippen LogP) is 1.61. The lowest BCUT2D eigenvalue weighted by molar-refractivity contribution is -0.140. The highest BCUT2D eigenvalue weighted by molar-refractivity contribution is 5.81. The van der Waals surface area contributed by atoms with E-state index in [1.54, 1.807) is 6.07 Å². The van der Waals surface area contributed by atoms with Gasteiger partial charge >= 0.3 is 5.97 Å². The minimum absolute atomic E-state index is 0.407. The number of hydrogen-bond donors (Lipinski definition) is 0. The Kier molecular flexibility index (Phi) is 3.19. The van der Waals surface area contributed by atoms with Gasteiger partial charge in [0.1, 0.15) is 5.82 Å². The van der Waals surface area contributed by atoms with Gasteiger partial charge in [0.05, 0.1) is 13.2 Å². The lowest BCUT2D eigenvalue weighted by Crippen LogP contribution is -2.12. The van der Waals surface area contributed by atoms with Crippen molar-refractivity contribution in [2.75, 3.05) is 7.11 Å². The Hall–Kier alpha value is -1.89. The Morgan fingerprint density at radius 1 is 1.50 bits per heavy atom. The molecule has 14 heavy (non-hydrogen) atoms. The molecule has 72 valence electrons. The van der Waals surface area contributed by atoms with E-state index in [4.69, 9.17) is 5.26 Å². The number of ether oxygens (including phenoxy) is 1. The van der Waals surface area contributed by atoms with Gasteiger partial charge in [-0.1, -0.05) is 12.1 Å². The number of esters is 1. The normalized spacial score (nSPS) is 11.5. The van der Waals surface area contributed by atoms with Crippen LogP contribution in [0.2, 0.25) is 0 Å². The molecule has 0 fully saturated rings. The molecule has 4 heteroatoms. The number of methoxy groups -OCH3 is 1. The van der Waals surface area contributed by atoms with Gasteiger partial charge < -0.3 is 4.74 Å². The predicted molar refractivity (Wildman–Crippen MR) is 46.8 cm³/mol. The zero-order valence-corrected chi connectivity index (χ0v) is 7.53. The van der Waals surface area contributed by atoms with Crippen LogP contribution in [-0.2, 0) is 9.53 Å². The molecule has 1 rings (SSSR count). The van der Waals surface area contributed by atoms with Gasteiger partial charge in [-0.25, -0.2) is 4.39 Å². The molecule has 1 unspecified atom stereocenters. The Bertz CT molecular complexity index is 367. The number of benzene rings is 1. The highest BCUT2D eigenvalue weighted by Gasteiger charge is 2.20. The van der Waals surface area contributed by atoms with Crippen LogP contribution in [0.1, 0.15) is 11.5 Å². The second-order valence-corrected chi connectivity index (χ2v) is 2.64. The highest BCUT2D eigenvalue weighted by atomic mass is 19.1. The fourth-order valence-electron chi connectivity index (χ4n) is 1.04. The van der Waals surface area contributed by atoms with Crippen molar-refractivity contribution >= 4 is 5.97 Å². The Labute approximate surface area is 80.7 Å². The summed E-state index contributed by atoms with van der Waals surface area (Å²) >= 11 is 0. The maximum Gasteiger partial charge on any atom is 0.327 e. The van der Waals surface area contributed by atoms with E-state index in [0.717, 1.165) is 0 Å². The van der Waals surface area contributed by atoms with Crippen molar-refractivity contribution in [2.45, 2.75) is 5.92 Å². The van der Waals surface area contributed by atoms with Crippen LogP contribution >= 0.6 is 0 Å². The number of hydrogen-bond acceptors (Lipinski definition) is 3. The molecule has 0 saturated heterocycles.